The third kappa shape index (κ3) is 8.85. The normalized spacial score (nSPS) is 11.4. The summed E-state index contributed by atoms with van der Waals surface area (Å²) >= 11 is 23.7. The molecular weight excluding hydrogens is 614 g/mol. The van der Waals surface area contributed by atoms with Crippen LogP contribution in [0.3, 0.4) is 0 Å². The van der Waals surface area contributed by atoms with Crippen molar-refractivity contribution in [3.8, 4) is 0 Å². The average Bonchev–Trinajstić information content (AvgIpc) is 3.02. The number of alkyl halides is 4. The minimum absolute atomic E-state index is 0.539. The zero-order valence-corrected chi connectivity index (χ0v) is 26.0. The van der Waals surface area contributed by atoms with E-state index in [4.69, 9.17) is 46.4 Å². The van der Waals surface area contributed by atoms with Crippen LogP contribution >= 0.6 is 46.4 Å². The first-order chi connectivity index (χ1) is 20.7. The zero-order chi connectivity index (χ0) is 29.6. The van der Waals surface area contributed by atoms with Crippen molar-refractivity contribution in [3.05, 3.63) is 83.9 Å². The molecule has 1 aromatic heterocycles. The third-order valence-electron chi connectivity index (χ3n) is 6.39. The van der Waals surface area contributed by atoms with Gasteiger partial charge in [-0.1, -0.05) is 48.5 Å². The van der Waals surface area contributed by atoms with Gasteiger partial charge in [-0.3, -0.25) is 10.9 Å². The number of hydrazone groups is 2. The number of nitrogens with one attached hydrogen (secondary N) is 2. The van der Waals surface area contributed by atoms with Crippen LogP contribution < -0.4 is 20.7 Å². The van der Waals surface area contributed by atoms with E-state index < -0.39 is 0 Å². The number of rotatable bonds is 16. The summed E-state index contributed by atoms with van der Waals surface area (Å²) in [4.78, 5) is 4.30. The fourth-order valence-corrected chi connectivity index (χ4v) is 5.11. The van der Waals surface area contributed by atoms with Gasteiger partial charge in [-0.2, -0.15) is 10.2 Å². The standard InChI is InChI=1S/C30H32Cl4N8/c31-13-17-41(18-14-32)25-9-5-23(6-10-25)21-35-37-29-27-3-1-2-4-28(27)30(40-39-29)38-36-22-24-7-11-26(12-8-24)42(19-15-33)20-16-34/h1-12,21-22H,13-20H2,(H,37,39)(H,38,40). The molecule has 0 aliphatic rings. The number of nitrogens with zero attached hydrogens (tertiary/aromatic N) is 6. The minimum Gasteiger partial charge on any atom is -0.369 e. The largest absolute Gasteiger partial charge is 0.369 e. The molecule has 4 aromatic rings. The number of aromatic nitrogens is 2. The van der Waals surface area contributed by atoms with Crippen molar-refractivity contribution in [3.63, 3.8) is 0 Å². The molecule has 3 aromatic carbocycles. The van der Waals surface area contributed by atoms with E-state index in [1.54, 1.807) is 12.4 Å². The monoisotopic (exact) mass is 644 g/mol. The lowest BCUT2D eigenvalue weighted by Crippen LogP contribution is -2.27. The van der Waals surface area contributed by atoms with Crippen molar-refractivity contribution in [1.82, 2.24) is 10.2 Å². The average molecular weight is 646 g/mol. The number of benzene rings is 3. The van der Waals surface area contributed by atoms with Crippen LogP contribution in [-0.2, 0) is 0 Å². The first-order valence-electron chi connectivity index (χ1n) is 13.4. The number of fused-ring (bicyclic) bond motifs is 1. The molecule has 0 spiro atoms. The van der Waals surface area contributed by atoms with Crippen molar-refractivity contribution in [2.75, 3.05) is 70.4 Å². The van der Waals surface area contributed by atoms with Crippen LogP contribution in [0.5, 0.6) is 0 Å². The minimum atomic E-state index is 0.539. The Kier molecular flexibility index (Phi) is 12.8. The van der Waals surface area contributed by atoms with Crippen LogP contribution in [0.4, 0.5) is 23.0 Å². The lowest BCUT2D eigenvalue weighted by atomic mass is 10.2. The van der Waals surface area contributed by atoms with Gasteiger partial charge < -0.3 is 9.80 Å². The Balaban J connectivity index is 1.41. The van der Waals surface area contributed by atoms with Crippen LogP contribution in [0.25, 0.3) is 10.8 Å². The highest BCUT2D eigenvalue weighted by Crippen LogP contribution is 2.26. The molecule has 1 heterocycles. The second-order valence-electron chi connectivity index (χ2n) is 9.10. The highest BCUT2D eigenvalue weighted by atomic mass is 35.5. The fraction of sp³-hybridized carbons (Fsp3) is 0.267. The predicted molar refractivity (Wildman–Crippen MR) is 182 cm³/mol. The lowest BCUT2D eigenvalue weighted by Gasteiger charge is -2.22. The molecule has 8 nitrogen and oxygen atoms in total. The molecule has 2 N–H and O–H groups in total. The summed E-state index contributed by atoms with van der Waals surface area (Å²) in [5, 5.41) is 19.2. The maximum atomic E-state index is 5.93. The van der Waals surface area contributed by atoms with E-state index in [-0.39, 0.29) is 0 Å². The van der Waals surface area contributed by atoms with Gasteiger partial charge in [-0.25, -0.2) is 0 Å². The van der Waals surface area contributed by atoms with Crippen LogP contribution in [0.1, 0.15) is 11.1 Å². The Labute approximate surface area is 266 Å². The third-order valence-corrected chi connectivity index (χ3v) is 7.07. The van der Waals surface area contributed by atoms with Crippen molar-refractivity contribution in [1.29, 1.82) is 0 Å². The molecule has 0 atom stereocenters. The molecule has 0 aliphatic carbocycles. The zero-order valence-electron chi connectivity index (χ0n) is 22.9. The van der Waals surface area contributed by atoms with E-state index in [2.05, 4.69) is 41.1 Å². The fourth-order valence-electron chi connectivity index (χ4n) is 4.30. The predicted octanol–water partition coefficient (Wildman–Crippen LogP) is 7.09. The Morgan fingerprint density at radius 2 is 0.905 bits per heavy atom. The van der Waals surface area contributed by atoms with Gasteiger partial charge in [-0.05, 0) is 35.4 Å². The number of hydrogen-bond donors (Lipinski definition) is 2. The van der Waals surface area contributed by atoms with Crippen LogP contribution in [0, 0.1) is 0 Å². The molecule has 0 unspecified atom stereocenters. The summed E-state index contributed by atoms with van der Waals surface area (Å²) in [5.41, 5.74) is 10.0. The Morgan fingerprint density at radius 1 is 0.548 bits per heavy atom. The van der Waals surface area contributed by atoms with Crippen molar-refractivity contribution < 1.29 is 0 Å². The second kappa shape index (κ2) is 17.0. The molecule has 4 rings (SSSR count). The molecule has 0 fully saturated rings. The summed E-state index contributed by atoms with van der Waals surface area (Å²) in [5.74, 6) is 3.24. The van der Waals surface area contributed by atoms with E-state index in [0.717, 1.165) is 59.5 Å². The smallest absolute Gasteiger partial charge is 0.176 e. The number of hydrogen-bond acceptors (Lipinski definition) is 8. The molecule has 0 saturated heterocycles. The molecule has 220 valence electrons. The molecule has 0 bridgehead atoms. The van der Waals surface area contributed by atoms with Crippen molar-refractivity contribution >= 4 is 92.6 Å². The molecule has 0 amide bonds. The highest BCUT2D eigenvalue weighted by Gasteiger charge is 2.09. The Hall–Kier alpha value is -3.30. The summed E-state index contributed by atoms with van der Waals surface area (Å²) in [7, 11) is 0. The van der Waals surface area contributed by atoms with Crippen LogP contribution in [0.2, 0.25) is 0 Å². The molecule has 0 saturated carbocycles. The van der Waals surface area contributed by atoms with E-state index in [1.165, 1.54) is 0 Å². The molecule has 0 radical (unpaired) electrons. The summed E-state index contributed by atoms with van der Waals surface area (Å²) in [6, 6.07) is 23.9. The molecule has 12 heteroatoms. The number of halogens is 4. The summed E-state index contributed by atoms with van der Waals surface area (Å²) in [6.45, 7) is 2.95. The molecular formula is C30H32Cl4N8. The van der Waals surface area contributed by atoms with Gasteiger partial charge in [0, 0.05) is 71.8 Å². The summed E-state index contributed by atoms with van der Waals surface area (Å²) < 4.78 is 0. The maximum absolute atomic E-state index is 5.93. The van der Waals surface area contributed by atoms with Gasteiger partial charge in [0.15, 0.2) is 11.6 Å². The second-order valence-corrected chi connectivity index (χ2v) is 10.6. The van der Waals surface area contributed by atoms with Gasteiger partial charge >= 0.3 is 0 Å². The van der Waals surface area contributed by atoms with Gasteiger partial charge in [0.25, 0.3) is 0 Å². The molecule has 0 aliphatic heterocycles. The summed E-state index contributed by atoms with van der Waals surface area (Å²) in [6.07, 6.45) is 3.47. The Morgan fingerprint density at radius 3 is 1.24 bits per heavy atom. The maximum Gasteiger partial charge on any atom is 0.176 e. The van der Waals surface area contributed by atoms with E-state index in [0.29, 0.717) is 35.2 Å². The van der Waals surface area contributed by atoms with Crippen molar-refractivity contribution in [2.45, 2.75) is 0 Å². The topological polar surface area (TPSA) is 81.0 Å². The highest BCUT2D eigenvalue weighted by molar-refractivity contribution is 6.19. The van der Waals surface area contributed by atoms with Crippen molar-refractivity contribution in [2.24, 2.45) is 10.2 Å². The van der Waals surface area contributed by atoms with Gasteiger partial charge in [-0.15, -0.1) is 56.6 Å². The van der Waals surface area contributed by atoms with Gasteiger partial charge in [0.05, 0.1) is 12.4 Å². The lowest BCUT2D eigenvalue weighted by molar-refractivity contribution is 0.874. The van der Waals surface area contributed by atoms with E-state index >= 15 is 0 Å². The first-order valence-corrected chi connectivity index (χ1v) is 15.6. The number of anilines is 4. The Bertz CT molecular complexity index is 1330. The van der Waals surface area contributed by atoms with E-state index in [1.807, 2.05) is 72.8 Å². The van der Waals surface area contributed by atoms with Crippen LogP contribution in [0.15, 0.2) is 83.0 Å². The first kappa shape index (κ1) is 31.6. The van der Waals surface area contributed by atoms with Gasteiger partial charge in [0.1, 0.15) is 0 Å². The molecule has 42 heavy (non-hydrogen) atoms. The van der Waals surface area contributed by atoms with Crippen LogP contribution in [-0.4, -0.2) is 72.3 Å². The van der Waals surface area contributed by atoms with E-state index in [9.17, 15) is 0 Å². The SMILES string of the molecule is ClCCN(CCCl)c1ccc(C=NNc2nnc(NN=Cc3ccc(N(CCCl)CCCl)cc3)c3ccccc23)cc1. The van der Waals surface area contributed by atoms with Gasteiger partial charge in [0.2, 0.25) is 0 Å². The quantitative estimate of drug-likeness (QED) is 0.0769.